The Balaban J connectivity index is 2.10. The van der Waals surface area contributed by atoms with Crippen LogP contribution in [0.2, 0.25) is 5.02 Å². The van der Waals surface area contributed by atoms with E-state index in [-0.39, 0.29) is 28.1 Å². The minimum atomic E-state index is -4.80. The molecule has 33 heavy (non-hydrogen) atoms. The van der Waals surface area contributed by atoms with Crippen molar-refractivity contribution in [3.8, 4) is 5.82 Å². The summed E-state index contributed by atoms with van der Waals surface area (Å²) < 4.78 is 40.9. The number of aryl methyl sites for hydroxylation is 2. The normalized spacial score (nSPS) is 11.5. The van der Waals surface area contributed by atoms with Crippen LogP contribution in [0, 0.1) is 13.8 Å². The average Bonchev–Trinajstić information content (AvgIpc) is 3.15. The van der Waals surface area contributed by atoms with Crippen LogP contribution in [0.4, 0.5) is 18.9 Å². The number of benzene rings is 1. The molecule has 2 aromatic heterocycles. The number of alkyl halides is 3. The number of aromatic nitrogens is 3. The number of hydrogen-bond acceptors (Lipinski definition) is 4. The number of halogens is 4. The first-order valence-corrected chi connectivity index (χ1v) is 10.3. The van der Waals surface area contributed by atoms with E-state index in [1.54, 1.807) is 39.8 Å². The van der Waals surface area contributed by atoms with Gasteiger partial charge < -0.3 is 10.6 Å². The number of hydrogen-bond donors (Lipinski definition) is 2. The summed E-state index contributed by atoms with van der Waals surface area (Å²) in [6.45, 7) is 7.04. The van der Waals surface area contributed by atoms with Crippen molar-refractivity contribution >= 4 is 29.1 Å². The van der Waals surface area contributed by atoms with E-state index in [9.17, 15) is 22.8 Å². The predicted octanol–water partition coefficient (Wildman–Crippen LogP) is 4.95. The Bertz CT molecular complexity index is 1220. The summed E-state index contributed by atoms with van der Waals surface area (Å²) in [5.41, 5.74) is -0.0186. The summed E-state index contributed by atoms with van der Waals surface area (Å²) in [4.78, 5) is 29.8. The Morgan fingerprint density at radius 2 is 1.82 bits per heavy atom. The quantitative estimate of drug-likeness (QED) is 0.542. The third-order valence-corrected chi connectivity index (χ3v) is 4.85. The van der Waals surface area contributed by atoms with Gasteiger partial charge in [-0.25, -0.2) is 9.67 Å². The topological polar surface area (TPSA) is 88.9 Å². The largest absolute Gasteiger partial charge is 0.435 e. The Morgan fingerprint density at radius 3 is 2.42 bits per heavy atom. The van der Waals surface area contributed by atoms with Gasteiger partial charge in [-0.2, -0.15) is 18.3 Å². The highest BCUT2D eigenvalue weighted by atomic mass is 35.5. The average molecular weight is 480 g/mol. The maximum Gasteiger partial charge on any atom is 0.435 e. The summed E-state index contributed by atoms with van der Waals surface area (Å²) in [6.07, 6.45) is -3.49. The highest BCUT2D eigenvalue weighted by Crippen LogP contribution is 2.31. The van der Waals surface area contributed by atoms with Crippen LogP contribution in [0.25, 0.3) is 5.82 Å². The van der Waals surface area contributed by atoms with Crippen LogP contribution in [0.5, 0.6) is 0 Å². The molecule has 0 fully saturated rings. The first-order valence-electron chi connectivity index (χ1n) is 9.90. The summed E-state index contributed by atoms with van der Waals surface area (Å²) in [5.74, 6) is -1.48. The molecule has 0 saturated heterocycles. The van der Waals surface area contributed by atoms with E-state index < -0.39 is 29.4 Å². The molecule has 11 heteroatoms. The molecule has 2 heterocycles. The van der Waals surface area contributed by atoms with Crippen molar-refractivity contribution in [2.24, 2.45) is 0 Å². The Morgan fingerprint density at radius 1 is 1.12 bits per heavy atom. The van der Waals surface area contributed by atoms with Crippen LogP contribution in [0.15, 0.2) is 36.5 Å². The van der Waals surface area contributed by atoms with Crippen molar-refractivity contribution in [3.05, 3.63) is 69.6 Å². The first-order chi connectivity index (χ1) is 15.4. The van der Waals surface area contributed by atoms with E-state index in [0.29, 0.717) is 11.6 Å². The van der Waals surface area contributed by atoms with Crippen molar-refractivity contribution < 1.29 is 22.8 Å². The van der Waals surface area contributed by atoms with Gasteiger partial charge in [0.05, 0.1) is 16.3 Å². The van der Waals surface area contributed by atoms with Gasteiger partial charge in [0, 0.05) is 18.3 Å². The maximum absolute atomic E-state index is 13.4. The van der Waals surface area contributed by atoms with E-state index in [1.807, 2.05) is 0 Å². The van der Waals surface area contributed by atoms with E-state index in [4.69, 9.17) is 11.6 Å². The molecule has 0 saturated carbocycles. The van der Waals surface area contributed by atoms with Gasteiger partial charge in [-0.15, -0.1) is 0 Å². The zero-order valence-corrected chi connectivity index (χ0v) is 19.0. The molecule has 0 spiro atoms. The molecule has 2 N–H and O–H groups in total. The van der Waals surface area contributed by atoms with Gasteiger partial charge in [0.15, 0.2) is 11.5 Å². The number of nitrogens with one attached hydrogen (secondary N) is 2. The number of amides is 2. The minimum absolute atomic E-state index is 0.00638. The molecule has 1 aromatic carbocycles. The number of anilines is 1. The number of nitrogens with zero attached hydrogens (tertiary/aromatic N) is 3. The highest BCUT2D eigenvalue weighted by molar-refractivity contribution is 6.32. The lowest BCUT2D eigenvalue weighted by molar-refractivity contribution is -0.141. The van der Waals surface area contributed by atoms with Gasteiger partial charge in [0.2, 0.25) is 0 Å². The molecule has 0 unspecified atom stereocenters. The Hall–Kier alpha value is -3.40. The van der Waals surface area contributed by atoms with E-state index in [1.165, 1.54) is 18.3 Å². The van der Waals surface area contributed by atoms with Crippen LogP contribution >= 0.6 is 11.6 Å². The monoisotopic (exact) mass is 479 g/mol. The lowest BCUT2D eigenvalue weighted by Crippen LogP contribution is -2.31. The number of pyridine rings is 1. The zero-order valence-electron chi connectivity index (χ0n) is 18.2. The Labute approximate surface area is 193 Å². The molecule has 0 radical (unpaired) electrons. The van der Waals surface area contributed by atoms with Crippen LogP contribution in [-0.4, -0.2) is 32.6 Å². The van der Waals surface area contributed by atoms with Gasteiger partial charge in [-0.05, 0) is 57.0 Å². The fourth-order valence-corrected chi connectivity index (χ4v) is 3.41. The van der Waals surface area contributed by atoms with E-state index in [2.05, 4.69) is 20.7 Å². The van der Waals surface area contributed by atoms with E-state index >= 15 is 0 Å². The van der Waals surface area contributed by atoms with Crippen LogP contribution in [0.1, 0.15) is 51.5 Å². The third-order valence-electron chi connectivity index (χ3n) is 4.55. The minimum Gasteiger partial charge on any atom is -0.350 e. The Kier molecular flexibility index (Phi) is 6.78. The summed E-state index contributed by atoms with van der Waals surface area (Å²) in [5, 5.41) is 8.84. The second-order valence-electron chi connectivity index (χ2n) is 7.72. The fraction of sp³-hybridized carbons (Fsp3) is 0.273. The van der Waals surface area contributed by atoms with Crippen LogP contribution < -0.4 is 10.6 Å². The van der Waals surface area contributed by atoms with Crippen LogP contribution in [0.3, 0.4) is 0 Å². The number of rotatable bonds is 5. The lowest BCUT2D eigenvalue weighted by atomic mass is 10.0. The SMILES string of the molecule is Cc1cc(C)c(NC(=O)c2cc(C(F)(F)F)nn2-c2ncccc2Cl)c(C(=O)NC(C)C)c1. The summed E-state index contributed by atoms with van der Waals surface area (Å²) in [7, 11) is 0. The van der Waals surface area contributed by atoms with Gasteiger partial charge in [-0.3, -0.25) is 9.59 Å². The smallest absolute Gasteiger partial charge is 0.350 e. The molecule has 2 amide bonds. The molecular formula is C22H21ClF3N5O2. The summed E-state index contributed by atoms with van der Waals surface area (Å²) in [6, 6.07) is 6.69. The molecule has 3 rings (SSSR count). The fourth-order valence-electron chi connectivity index (χ4n) is 3.21. The standard InChI is InChI=1S/C22H21ClF3N5O2/c1-11(2)28-20(32)14-9-12(3)8-13(4)18(14)29-21(33)16-10-17(22(24,25)26)30-31(16)19-15(23)6-5-7-27-19/h5-11H,1-4H3,(H,28,32)(H,29,33). The number of carbonyl (C=O) groups is 2. The predicted molar refractivity (Wildman–Crippen MR) is 118 cm³/mol. The van der Waals surface area contributed by atoms with Crippen molar-refractivity contribution in [2.75, 3.05) is 5.32 Å². The van der Waals surface area contributed by atoms with Gasteiger partial charge in [-0.1, -0.05) is 17.7 Å². The molecule has 0 aliphatic heterocycles. The van der Waals surface area contributed by atoms with Crippen molar-refractivity contribution in [2.45, 2.75) is 39.9 Å². The molecule has 0 aliphatic rings. The molecule has 0 aliphatic carbocycles. The molecule has 0 bridgehead atoms. The van der Waals surface area contributed by atoms with Gasteiger partial charge in [0.1, 0.15) is 5.69 Å². The molecule has 3 aromatic rings. The van der Waals surface area contributed by atoms with Crippen molar-refractivity contribution in [3.63, 3.8) is 0 Å². The second-order valence-corrected chi connectivity index (χ2v) is 8.13. The molecule has 174 valence electrons. The second kappa shape index (κ2) is 9.22. The highest BCUT2D eigenvalue weighted by Gasteiger charge is 2.36. The summed E-state index contributed by atoms with van der Waals surface area (Å²) >= 11 is 6.09. The molecule has 7 nitrogen and oxygen atoms in total. The van der Waals surface area contributed by atoms with E-state index in [0.717, 1.165) is 10.2 Å². The maximum atomic E-state index is 13.4. The molecular weight excluding hydrogens is 459 g/mol. The van der Waals surface area contributed by atoms with Crippen LogP contribution in [-0.2, 0) is 6.18 Å². The third kappa shape index (κ3) is 5.33. The van der Waals surface area contributed by atoms with Gasteiger partial charge >= 0.3 is 6.18 Å². The zero-order chi connectivity index (χ0) is 24.5. The van der Waals surface area contributed by atoms with Crippen molar-refractivity contribution in [1.82, 2.24) is 20.1 Å². The lowest BCUT2D eigenvalue weighted by Gasteiger charge is -2.17. The first kappa shape index (κ1) is 24.2. The molecule has 0 atom stereocenters. The van der Waals surface area contributed by atoms with Crippen molar-refractivity contribution in [1.29, 1.82) is 0 Å². The van der Waals surface area contributed by atoms with Gasteiger partial charge in [0.25, 0.3) is 11.8 Å². The number of carbonyl (C=O) groups excluding carboxylic acids is 2.